The number of nitrogens with zero attached hydrogens (tertiary/aromatic N) is 3. The molecule has 0 fully saturated rings. The molecule has 1 N–H and O–H groups in total. The summed E-state index contributed by atoms with van der Waals surface area (Å²) in [6, 6.07) is 5.88. The van der Waals surface area contributed by atoms with Crippen LogP contribution in [-0.4, -0.2) is 26.9 Å². The summed E-state index contributed by atoms with van der Waals surface area (Å²) in [5.74, 6) is -0.669. The first kappa shape index (κ1) is 14.5. The largest absolute Gasteiger partial charge is 0.481 e. The topological polar surface area (TPSA) is 68.5 Å². The molecule has 0 aliphatic heterocycles. The highest BCUT2D eigenvalue weighted by Crippen LogP contribution is 2.18. The third-order valence-corrected chi connectivity index (χ3v) is 3.18. The molecule has 112 valence electrons. The number of para-hydroxylation sites is 1. The number of hydrogen-bond acceptors (Lipinski definition) is 4. The maximum absolute atomic E-state index is 13.4. The van der Waals surface area contributed by atoms with Gasteiger partial charge in [-0.05, 0) is 28.1 Å². The molecule has 2 aromatic heterocycles. The van der Waals surface area contributed by atoms with Crippen LogP contribution in [0, 0.1) is 5.82 Å². The van der Waals surface area contributed by atoms with Crippen LogP contribution in [0.25, 0.3) is 5.65 Å². The number of nitrogens with one attached hydrogen (secondary N) is 1. The van der Waals surface area contributed by atoms with Crippen LogP contribution in [0.4, 0.5) is 10.2 Å². The van der Waals surface area contributed by atoms with Gasteiger partial charge in [0.15, 0.2) is 29.6 Å². The first-order chi connectivity index (χ1) is 10.6. The van der Waals surface area contributed by atoms with Crippen molar-refractivity contribution in [1.29, 1.82) is 0 Å². The molecule has 0 saturated carbocycles. The van der Waals surface area contributed by atoms with Crippen molar-refractivity contribution in [3.63, 3.8) is 0 Å². The Bertz CT molecular complexity index is 837. The van der Waals surface area contributed by atoms with E-state index in [0.29, 0.717) is 16.1 Å². The number of rotatable bonds is 4. The van der Waals surface area contributed by atoms with Gasteiger partial charge in [0.25, 0.3) is 5.91 Å². The molecule has 3 aromatic rings. The minimum absolute atomic E-state index is 0.0193. The molecule has 0 saturated heterocycles. The third kappa shape index (κ3) is 3.06. The number of halogens is 2. The van der Waals surface area contributed by atoms with Gasteiger partial charge in [0, 0.05) is 18.6 Å². The van der Waals surface area contributed by atoms with Crippen LogP contribution >= 0.6 is 15.9 Å². The maximum Gasteiger partial charge on any atom is 0.263 e. The summed E-state index contributed by atoms with van der Waals surface area (Å²) in [7, 11) is 0. The molecule has 0 aliphatic rings. The van der Waals surface area contributed by atoms with E-state index in [9.17, 15) is 9.18 Å². The van der Waals surface area contributed by atoms with E-state index in [1.54, 1.807) is 35.1 Å². The second kappa shape index (κ2) is 6.10. The number of carbonyl (C=O) groups is 1. The fourth-order valence-electron chi connectivity index (χ4n) is 1.86. The minimum atomic E-state index is -0.522. The number of amides is 1. The van der Waals surface area contributed by atoms with E-state index < -0.39 is 11.7 Å². The quantitative estimate of drug-likeness (QED) is 0.772. The first-order valence-corrected chi connectivity index (χ1v) is 7.09. The van der Waals surface area contributed by atoms with Crippen molar-refractivity contribution in [2.24, 2.45) is 0 Å². The van der Waals surface area contributed by atoms with Crippen molar-refractivity contribution in [1.82, 2.24) is 14.4 Å². The van der Waals surface area contributed by atoms with Gasteiger partial charge in [-0.25, -0.2) is 14.4 Å². The second-order valence-electron chi connectivity index (χ2n) is 4.34. The van der Waals surface area contributed by atoms with E-state index in [4.69, 9.17) is 4.74 Å². The molecule has 0 aliphatic carbocycles. The van der Waals surface area contributed by atoms with Crippen LogP contribution < -0.4 is 10.1 Å². The van der Waals surface area contributed by atoms with Crippen molar-refractivity contribution in [3.05, 3.63) is 53.3 Å². The minimum Gasteiger partial charge on any atom is -0.481 e. The summed E-state index contributed by atoms with van der Waals surface area (Å²) in [6.07, 6.45) is 5.04. The average Bonchev–Trinajstić information content (AvgIpc) is 2.94. The van der Waals surface area contributed by atoms with Gasteiger partial charge in [0.05, 0.1) is 0 Å². The van der Waals surface area contributed by atoms with E-state index in [2.05, 4.69) is 31.2 Å². The van der Waals surface area contributed by atoms with E-state index >= 15 is 0 Å². The van der Waals surface area contributed by atoms with E-state index in [1.165, 1.54) is 12.1 Å². The molecule has 2 heterocycles. The number of aromatic nitrogens is 3. The third-order valence-electron chi connectivity index (χ3n) is 2.80. The zero-order chi connectivity index (χ0) is 15.5. The Morgan fingerprint density at radius 3 is 3.05 bits per heavy atom. The summed E-state index contributed by atoms with van der Waals surface area (Å²) in [6.45, 7) is -0.331. The van der Waals surface area contributed by atoms with E-state index in [-0.39, 0.29) is 12.4 Å². The lowest BCUT2D eigenvalue weighted by Gasteiger charge is -2.08. The highest BCUT2D eigenvalue weighted by Gasteiger charge is 2.11. The van der Waals surface area contributed by atoms with Crippen molar-refractivity contribution in [2.45, 2.75) is 0 Å². The molecule has 1 amide bonds. The van der Waals surface area contributed by atoms with Gasteiger partial charge in [-0.15, -0.1) is 0 Å². The van der Waals surface area contributed by atoms with Crippen LogP contribution in [0.15, 0.2) is 47.5 Å². The summed E-state index contributed by atoms with van der Waals surface area (Å²) in [5, 5.41) is 2.59. The Labute approximate surface area is 133 Å². The Morgan fingerprint density at radius 2 is 2.23 bits per heavy atom. The lowest BCUT2D eigenvalue weighted by atomic mass is 10.3. The van der Waals surface area contributed by atoms with Gasteiger partial charge in [-0.2, -0.15) is 0 Å². The fraction of sp³-hybridized carbons (Fsp3) is 0.0714. The summed E-state index contributed by atoms with van der Waals surface area (Å²) >= 11 is 3.25. The summed E-state index contributed by atoms with van der Waals surface area (Å²) in [5.41, 5.74) is 0.502. The number of carbonyl (C=O) groups excluding carboxylic acids is 1. The number of anilines is 1. The Morgan fingerprint density at radius 1 is 1.41 bits per heavy atom. The number of imidazole rings is 1. The zero-order valence-corrected chi connectivity index (χ0v) is 12.7. The van der Waals surface area contributed by atoms with Crippen LogP contribution in [0.1, 0.15) is 0 Å². The lowest BCUT2D eigenvalue weighted by molar-refractivity contribution is -0.118. The first-order valence-electron chi connectivity index (χ1n) is 6.30. The molecular formula is C14H10BrFN4O2. The lowest BCUT2D eigenvalue weighted by Crippen LogP contribution is -2.21. The van der Waals surface area contributed by atoms with Crippen molar-refractivity contribution < 1.29 is 13.9 Å². The Balaban J connectivity index is 1.71. The molecule has 1 aromatic carbocycles. The normalized spacial score (nSPS) is 10.6. The molecule has 6 nitrogen and oxygen atoms in total. The molecule has 0 spiro atoms. The monoisotopic (exact) mass is 364 g/mol. The molecule has 0 radical (unpaired) electrons. The van der Waals surface area contributed by atoms with Crippen molar-refractivity contribution >= 4 is 33.3 Å². The number of hydrogen-bond donors (Lipinski definition) is 1. The fourth-order valence-corrected chi connectivity index (χ4v) is 2.26. The molecule has 0 atom stereocenters. The number of ether oxygens (including phenoxy) is 1. The van der Waals surface area contributed by atoms with E-state index in [0.717, 1.165) is 0 Å². The van der Waals surface area contributed by atoms with Gasteiger partial charge in [-0.3, -0.25) is 4.79 Å². The maximum atomic E-state index is 13.4. The molecule has 0 unspecified atom stereocenters. The van der Waals surface area contributed by atoms with Gasteiger partial charge in [0.2, 0.25) is 0 Å². The molecule has 0 bridgehead atoms. The van der Waals surface area contributed by atoms with Gasteiger partial charge in [0.1, 0.15) is 4.60 Å². The van der Waals surface area contributed by atoms with E-state index in [1.807, 2.05) is 0 Å². The van der Waals surface area contributed by atoms with Gasteiger partial charge < -0.3 is 14.5 Å². The number of fused-ring (bicyclic) bond motifs is 1. The predicted molar refractivity (Wildman–Crippen MR) is 81.2 cm³/mol. The number of benzene rings is 1. The van der Waals surface area contributed by atoms with Crippen LogP contribution in [0.5, 0.6) is 5.75 Å². The highest BCUT2D eigenvalue weighted by molar-refractivity contribution is 9.10. The SMILES string of the molecule is O=C(COc1ccccc1F)Nc1nc(Br)cn2ccnc12. The van der Waals surface area contributed by atoms with Crippen LogP contribution in [0.2, 0.25) is 0 Å². The van der Waals surface area contributed by atoms with Gasteiger partial charge >= 0.3 is 0 Å². The standard InChI is InChI=1S/C14H10BrFN4O2/c15-11-7-20-6-5-17-14(20)13(18-11)19-12(21)8-22-10-4-2-1-3-9(10)16/h1-7H,8H2,(H,18,19,21). The summed E-state index contributed by atoms with van der Waals surface area (Å²) in [4.78, 5) is 20.2. The van der Waals surface area contributed by atoms with Crippen LogP contribution in [-0.2, 0) is 4.79 Å². The highest BCUT2D eigenvalue weighted by atomic mass is 79.9. The summed E-state index contributed by atoms with van der Waals surface area (Å²) < 4.78 is 20.8. The Hall–Kier alpha value is -2.48. The molecule has 8 heteroatoms. The van der Waals surface area contributed by atoms with Crippen molar-refractivity contribution in [3.8, 4) is 5.75 Å². The zero-order valence-electron chi connectivity index (χ0n) is 11.2. The molecule has 3 rings (SSSR count). The van der Waals surface area contributed by atoms with Gasteiger partial charge in [-0.1, -0.05) is 12.1 Å². The van der Waals surface area contributed by atoms with Crippen molar-refractivity contribution in [2.75, 3.05) is 11.9 Å². The smallest absolute Gasteiger partial charge is 0.263 e. The molecule has 22 heavy (non-hydrogen) atoms. The Kier molecular flexibility index (Phi) is 4.01. The second-order valence-corrected chi connectivity index (χ2v) is 5.15. The average molecular weight is 365 g/mol. The molecular weight excluding hydrogens is 355 g/mol. The van der Waals surface area contributed by atoms with Crippen LogP contribution in [0.3, 0.4) is 0 Å². The predicted octanol–water partition coefficient (Wildman–Crippen LogP) is 2.65.